The highest BCUT2D eigenvalue weighted by Gasteiger charge is 2.32. The van der Waals surface area contributed by atoms with Gasteiger partial charge in [0.2, 0.25) is 0 Å². The number of ether oxygens (including phenoxy) is 1. The molecule has 0 aliphatic carbocycles. The van der Waals surface area contributed by atoms with Crippen LogP contribution in [0.1, 0.15) is 10.9 Å². The summed E-state index contributed by atoms with van der Waals surface area (Å²) in [5.74, 6) is -0.387. The van der Waals surface area contributed by atoms with E-state index in [4.69, 9.17) is 9.84 Å². The number of aromatic hydroxyl groups is 1. The molecule has 1 saturated heterocycles. The molecule has 0 unspecified atom stereocenters. The smallest absolute Gasteiger partial charge is 0.318 e. The first-order valence-corrected chi connectivity index (χ1v) is 6.05. The lowest BCUT2D eigenvalue weighted by Gasteiger charge is -2.14. The van der Waals surface area contributed by atoms with Crippen LogP contribution in [0.15, 0.2) is 18.2 Å². The quantitative estimate of drug-likeness (QED) is 0.753. The van der Waals surface area contributed by atoms with Gasteiger partial charge in [-0.25, -0.2) is 0 Å². The number of carboxylic acid groups (broad SMARTS) is 1. The Morgan fingerprint density at radius 2 is 2.35 bits per heavy atom. The number of hydrogen-bond donors (Lipinski definition) is 3. The van der Waals surface area contributed by atoms with Crippen LogP contribution < -0.4 is 10.1 Å². The number of para-hydroxylation sites is 1. The monoisotopic (exact) mass is 255 g/mol. The van der Waals surface area contributed by atoms with Crippen molar-refractivity contribution in [3.63, 3.8) is 0 Å². The summed E-state index contributed by atoms with van der Waals surface area (Å²) in [5, 5.41) is 21.2. The second kappa shape index (κ2) is 4.85. The Morgan fingerprint density at radius 1 is 1.59 bits per heavy atom. The Balaban J connectivity index is 2.22. The molecule has 1 heterocycles. The third-order valence-corrected chi connectivity index (χ3v) is 3.99. The molecule has 92 valence electrons. The minimum Gasteiger partial charge on any atom is -0.504 e. The molecule has 1 aromatic carbocycles. The lowest BCUT2D eigenvalue weighted by atomic mass is 10.2. The standard InChI is InChI=1S/C11H13NO4S/c1-16-7-4-2-3-6(9(7)13)10-12-5-8(17-10)11(14)15/h2-4,8,10,12-13H,5H2,1H3,(H,14,15)/t8-,10+/m1/s1. The Morgan fingerprint density at radius 3 is 2.94 bits per heavy atom. The van der Waals surface area contributed by atoms with Crippen molar-refractivity contribution in [2.75, 3.05) is 13.7 Å². The van der Waals surface area contributed by atoms with Crippen LogP contribution in [-0.4, -0.2) is 35.1 Å². The minimum absolute atomic E-state index is 0.0611. The third kappa shape index (κ3) is 2.32. The van der Waals surface area contributed by atoms with Gasteiger partial charge in [-0.15, -0.1) is 11.8 Å². The molecule has 0 bridgehead atoms. The Bertz CT molecular complexity index is 437. The Hall–Kier alpha value is -1.40. The molecule has 0 amide bonds. The number of hydrogen-bond acceptors (Lipinski definition) is 5. The molecular formula is C11H13NO4S. The summed E-state index contributed by atoms with van der Waals surface area (Å²) in [5.41, 5.74) is 0.651. The first kappa shape index (κ1) is 12.1. The van der Waals surface area contributed by atoms with E-state index in [1.165, 1.54) is 18.9 Å². The summed E-state index contributed by atoms with van der Waals surface area (Å²) >= 11 is 1.28. The summed E-state index contributed by atoms with van der Waals surface area (Å²) in [4.78, 5) is 10.8. The molecule has 6 heteroatoms. The van der Waals surface area contributed by atoms with E-state index in [2.05, 4.69) is 5.32 Å². The molecule has 1 fully saturated rings. The van der Waals surface area contributed by atoms with E-state index >= 15 is 0 Å². The van der Waals surface area contributed by atoms with Crippen molar-refractivity contribution in [1.29, 1.82) is 0 Å². The fourth-order valence-corrected chi connectivity index (χ4v) is 2.89. The van der Waals surface area contributed by atoms with E-state index in [1.807, 2.05) is 0 Å². The highest BCUT2D eigenvalue weighted by Crippen LogP contribution is 2.42. The fraction of sp³-hybridized carbons (Fsp3) is 0.364. The van der Waals surface area contributed by atoms with Crippen LogP contribution in [0, 0.1) is 0 Å². The van der Waals surface area contributed by atoms with Gasteiger partial charge in [-0.2, -0.15) is 0 Å². The molecule has 2 atom stereocenters. The third-order valence-electron chi connectivity index (χ3n) is 2.60. The van der Waals surface area contributed by atoms with Gasteiger partial charge in [0.1, 0.15) is 5.25 Å². The van der Waals surface area contributed by atoms with Crippen molar-refractivity contribution in [2.24, 2.45) is 0 Å². The van der Waals surface area contributed by atoms with Crippen LogP contribution in [0.25, 0.3) is 0 Å². The summed E-state index contributed by atoms with van der Waals surface area (Å²) in [6.07, 6.45) is 0. The van der Waals surface area contributed by atoms with E-state index in [0.717, 1.165) is 0 Å². The maximum Gasteiger partial charge on any atom is 0.318 e. The normalized spacial score (nSPS) is 23.6. The number of methoxy groups -OCH3 is 1. The van der Waals surface area contributed by atoms with Crippen LogP contribution >= 0.6 is 11.8 Å². The lowest BCUT2D eigenvalue weighted by molar-refractivity contribution is -0.136. The number of thioether (sulfide) groups is 1. The molecule has 5 nitrogen and oxygen atoms in total. The van der Waals surface area contributed by atoms with Crippen LogP contribution in [-0.2, 0) is 4.79 Å². The van der Waals surface area contributed by atoms with Gasteiger partial charge in [-0.1, -0.05) is 12.1 Å². The van der Waals surface area contributed by atoms with Gasteiger partial charge in [0.05, 0.1) is 12.5 Å². The van der Waals surface area contributed by atoms with E-state index in [0.29, 0.717) is 17.9 Å². The Labute approximate surface area is 103 Å². The molecule has 17 heavy (non-hydrogen) atoms. The number of benzene rings is 1. The fourth-order valence-electron chi connectivity index (χ4n) is 1.72. The average Bonchev–Trinajstić information content (AvgIpc) is 2.78. The zero-order valence-electron chi connectivity index (χ0n) is 9.21. The molecule has 1 aliphatic rings. The average molecular weight is 255 g/mol. The number of rotatable bonds is 3. The first-order valence-electron chi connectivity index (χ1n) is 5.11. The number of aliphatic carboxylic acids is 1. The maximum absolute atomic E-state index is 10.8. The zero-order chi connectivity index (χ0) is 12.4. The van der Waals surface area contributed by atoms with Gasteiger partial charge in [-0.3, -0.25) is 10.1 Å². The van der Waals surface area contributed by atoms with Gasteiger partial charge in [0, 0.05) is 12.1 Å². The molecule has 2 rings (SSSR count). The number of phenols is 1. The Kier molecular flexibility index (Phi) is 3.44. The summed E-state index contributed by atoms with van der Waals surface area (Å²) in [7, 11) is 1.48. The molecule has 3 N–H and O–H groups in total. The van der Waals surface area contributed by atoms with Crippen LogP contribution in [0.3, 0.4) is 0 Å². The SMILES string of the molecule is COc1cccc([C@H]2NC[C@H](C(=O)O)S2)c1O. The van der Waals surface area contributed by atoms with E-state index < -0.39 is 11.2 Å². The topological polar surface area (TPSA) is 78.8 Å². The number of nitrogens with one attached hydrogen (secondary N) is 1. The first-order chi connectivity index (χ1) is 8.13. The molecule has 0 saturated carbocycles. The van der Waals surface area contributed by atoms with Crippen molar-refractivity contribution in [3.8, 4) is 11.5 Å². The van der Waals surface area contributed by atoms with Gasteiger partial charge in [0.25, 0.3) is 0 Å². The maximum atomic E-state index is 10.8. The van der Waals surface area contributed by atoms with Gasteiger partial charge >= 0.3 is 5.97 Å². The zero-order valence-corrected chi connectivity index (χ0v) is 10.0. The van der Waals surface area contributed by atoms with Crippen molar-refractivity contribution >= 4 is 17.7 Å². The largest absolute Gasteiger partial charge is 0.504 e. The number of carboxylic acids is 1. The number of carbonyl (C=O) groups is 1. The summed E-state index contributed by atoms with van der Waals surface area (Å²) < 4.78 is 5.02. The van der Waals surface area contributed by atoms with Gasteiger partial charge in [0.15, 0.2) is 11.5 Å². The molecule has 0 spiro atoms. The van der Waals surface area contributed by atoms with Crippen LogP contribution in [0.4, 0.5) is 0 Å². The van der Waals surface area contributed by atoms with E-state index in [1.54, 1.807) is 18.2 Å². The van der Waals surface area contributed by atoms with Gasteiger partial charge in [-0.05, 0) is 6.07 Å². The van der Waals surface area contributed by atoms with Crippen molar-refractivity contribution in [2.45, 2.75) is 10.6 Å². The van der Waals surface area contributed by atoms with Crippen molar-refractivity contribution in [3.05, 3.63) is 23.8 Å². The van der Waals surface area contributed by atoms with Crippen LogP contribution in [0.5, 0.6) is 11.5 Å². The summed E-state index contributed by atoms with van der Waals surface area (Å²) in [6.45, 7) is 0.390. The highest BCUT2D eigenvalue weighted by atomic mass is 32.2. The highest BCUT2D eigenvalue weighted by molar-refractivity contribution is 8.01. The molecular weight excluding hydrogens is 242 g/mol. The summed E-state index contributed by atoms with van der Waals surface area (Å²) in [6, 6.07) is 5.18. The van der Waals surface area contributed by atoms with Crippen LogP contribution in [0.2, 0.25) is 0 Å². The molecule has 1 aromatic rings. The van der Waals surface area contributed by atoms with E-state index in [9.17, 15) is 9.90 Å². The second-order valence-corrected chi connectivity index (χ2v) is 4.96. The second-order valence-electron chi connectivity index (χ2n) is 3.65. The minimum atomic E-state index is -0.840. The number of phenolic OH excluding ortho intramolecular Hbond substituents is 1. The van der Waals surface area contributed by atoms with Crippen molar-refractivity contribution < 1.29 is 19.7 Å². The van der Waals surface area contributed by atoms with Crippen molar-refractivity contribution in [1.82, 2.24) is 5.32 Å². The molecule has 0 aromatic heterocycles. The predicted molar refractivity (Wildman–Crippen MR) is 64.4 cm³/mol. The lowest BCUT2D eigenvalue weighted by Crippen LogP contribution is -2.21. The van der Waals surface area contributed by atoms with Gasteiger partial charge < -0.3 is 14.9 Å². The predicted octanol–water partition coefficient (Wildman–Crippen LogP) is 1.19. The molecule has 1 aliphatic heterocycles. The van der Waals surface area contributed by atoms with E-state index in [-0.39, 0.29) is 11.1 Å². The molecule has 0 radical (unpaired) electrons.